The standard InChI is InChI=1S/C31H53NO15/c1-7-9-11-40-14-21-25(41-12-10-8-2)22-26(29(38-5)46-21)43-16-44-28(22)31(30(37)39-6)13-19(35)23(32)27(47-31)24(36)20(45-18(4)34)15-42-17(3)33/h19-29,35-36H,7-16,32H2,1-6H3/t19-,20-,21?,22+,23-,24-,25+,26?,27?,28?,29-,31+/m1/s1. The molecule has 272 valence electrons. The third kappa shape index (κ3) is 9.59. The number of carbonyl (C=O) groups excluding carboxylic acids is 3. The molecule has 0 radical (unpaired) electrons. The van der Waals surface area contributed by atoms with Crippen LogP contribution < -0.4 is 5.73 Å². The summed E-state index contributed by atoms with van der Waals surface area (Å²) < 4.78 is 58.5. The topological polar surface area (TPSA) is 210 Å². The van der Waals surface area contributed by atoms with Crippen molar-refractivity contribution in [2.75, 3.05) is 47.4 Å². The minimum absolute atomic E-state index is 0.147. The van der Waals surface area contributed by atoms with Crippen LogP contribution in [-0.2, 0) is 61.8 Å². The number of esters is 3. The predicted octanol–water partition coefficient (Wildman–Crippen LogP) is -0.0380. The van der Waals surface area contributed by atoms with Crippen molar-refractivity contribution < 1.29 is 72.0 Å². The number of rotatable bonds is 17. The number of methoxy groups -OCH3 is 2. The Labute approximate surface area is 275 Å². The summed E-state index contributed by atoms with van der Waals surface area (Å²) in [6.45, 7) is 6.47. The molecule has 0 bridgehead atoms. The molecule has 16 heteroatoms. The van der Waals surface area contributed by atoms with Crippen molar-refractivity contribution in [3.63, 3.8) is 0 Å². The second kappa shape index (κ2) is 18.7. The molecule has 3 heterocycles. The average molecular weight is 680 g/mol. The van der Waals surface area contributed by atoms with Gasteiger partial charge in [0.25, 0.3) is 0 Å². The third-order valence-corrected chi connectivity index (χ3v) is 8.68. The molecular formula is C31H53NO15. The maximum atomic E-state index is 13.9. The molecule has 4 unspecified atom stereocenters. The van der Waals surface area contributed by atoms with Crippen LogP contribution in [0.15, 0.2) is 0 Å². The van der Waals surface area contributed by atoms with Gasteiger partial charge >= 0.3 is 17.9 Å². The highest BCUT2D eigenvalue weighted by molar-refractivity contribution is 5.81. The Kier molecular flexibility index (Phi) is 15.7. The number of hydrogen-bond donors (Lipinski definition) is 3. The van der Waals surface area contributed by atoms with Crippen molar-refractivity contribution in [3.8, 4) is 0 Å². The number of unbranched alkanes of at least 4 members (excludes halogenated alkanes) is 2. The fourth-order valence-corrected chi connectivity index (χ4v) is 6.34. The molecule has 0 aromatic rings. The molecule has 3 saturated heterocycles. The van der Waals surface area contributed by atoms with Gasteiger partial charge in [-0.2, -0.15) is 0 Å². The van der Waals surface area contributed by atoms with Gasteiger partial charge in [-0.25, -0.2) is 4.79 Å². The van der Waals surface area contributed by atoms with Crippen molar-refractivity contribution in [1.82, 2.24) is 0 Å². The van der Waals surface area contributed by atoms with Crippen molar-refractivity contribution in [2.45, 2.75) is 127 Å². The minimum atomic E-state index is -2.08. The molecule has 47 heavy (non-hydrogen) atoms. The predicted molar refractivity (Wildman–Crippen MR) is 161 cm³/mol. The molecule has 0 aliphatic carbocycles. The second-order valence-electron chi connectivity index (χ2n) is 12.1. The Morgan fingerprint density at radius 1 is 1.04 bits per heavy atom. The van der Waals surface area contributed by atoms with Crippen LogP contribution in [0.2, 0.25) is 0 Å². The Balaban J connectivity index is 2.08. The van der Waals surface area contributed by atoms with Crippen LogP contribution in [-0.4, -0.2) is 142 Å². The molecule has 3 aliphatic rings. The summed E-state index contributed by atoms with van der Waals surface area (Å²) in [5.74, 6) is -3.20. The second-order valence-corrected chi connectivity index (χ2v) is 12.1. The molecule has 0 spiro atoms. The maximum absolute atomic E-state index is 13.9. The number of ether oxygens (including phenoxy) is 10. The Morgan fingerprint density at radius 2 is 1.74 bits per heavy atom. The Bertz CT molecular complexity index is 1000. The fourth-order valence-electron chi connectivity index (χ4n) is 6.34. The normalized spacial score (nSPS) is 35.3. The van der Waals surface area contributed by atoms with Crippen molar-refractivity contribution in [2.24, 2.45) is 11.7 Å². The zero-order valence-electron chi connectivity index (χ0n) is 28.2. The van der Waals surface area contributed by atoms with Crippen LogP contribution >= 0.6 is 0 Å². The monoisotopic (exact) mass is 679 g/mol. The van der Waals surface area contributed by atoms with E-state index in [1.807, 2.05) is 6.92 Å². The first-order valence-corrected chi connectivity index (χ1v) is 16.2. The van der Waals surface area contributed by atoms with E-state index in [-0.39, 0.29) is 13.4 Å². The molecule has 12 atom stereocenters. The maximum Gasteiger partial charge on any atom is 0.341 e. The van der Waals surface area contributed by atoms with Crippen LogP contribution in [0.1, 0.15) is 59.8 Å². The zero-order valence-corrected chi connectivity index (χ0v) is 28.2. The van der Waals surface area contributed by atoms with Crippen molar-refractivity contribution in [1.29, 1.82) is 0 Å². The Morgan fingerprint density at radius 3 is 2.36 bits per heavy atom. The van der Waals surface area contributed by atoms with Gasteiger partial charge in [0, 0.05) is 46.5 Å². The van der Waals surface area contributed by atoms with Gasteiger partial charge in [0.2, 0.25) is 0 Å². The van der Waals surface area contributed by atoms with E-state index in [9.17, 15) is 24.6 Å². The first kappa shape index (κ1) is 39.4. The van der Waals surface area contributed by atoms with Gasteiger partial charge in [0.15, 0.2) is 18.0 Å². The van der Waals surface area contributed by atoms with Gasteiger partial charge in [-0.1, -0.05) is 26.7 Å². The van der Waals surface area contributed by atoms with E-state index in [0.29, 0.717) is 13.2 Å². The van der Waals surface area contributed by atoms with E-state index in [0.717, 1.165) is 46.6 Å². The molecule has 0 saturated carbocycles. The van der Waals surface area contributed by atoms with Crippen molar-refractivity contribution >= 4 is 17.9 Å². The molecule has 0 amide bonds. The highest BCUT2D eigenvalue weighted by Gasteiger charge is 2.66. The van der Waals surface area contributed by atoms with Crippen molar-refractivity contribution in [3.05, 3.63) is 0 Å². The number of aliphatic hydroxyl groups is 2. The third-order valence-electron chi connectivity index (χ3n) is 8.68. The number of carbonyl (C=O) groups is 3. The molecular weight excluding hydrogens is 626 g/mol. The average Bonchev–Trinajstić information content (AvgIpc) is 3.05. The summed E-state index contributed by atoms with van der Waals surface area (Å²) in [5.41, 5.74) is 4.26. The van der Waals surface area contributed by atoms with Crippen LogP contribution in [0, 0.1) is 5.92 Å². The van der Waals surface area contributed by atoms with Crippen LogP contribution in [0.4, 0.5) is 0 Å². The smallest absolute Gasteiger partial charge is 0.341 e. The highest BCUT2D eigenvalue weighted by atomic mass is 16.7. The summed E-state index contributed by atoms with van der Waals surface area (Å²) in [7, 11) is 2.62. The number of nitrogens with two attached hydrogens (primary N) is 1. The lowest BCUT2D eigenvalue weighted by atomic mass is 9.72. The Hall–Kier alpha value is -1.99. The van der Waals surface area contributed by atoms with E-state index in [2.05, 4.69) is 6.92 Å². The van der Waals surface area contributed by atoms with Gasteiger partial charge in [-0.15, -0.1) is 0 Å². The van der Waals surface area contributed by atoms with Gasteiger partial charge in [-0.3, -0.25) is 9.59 Å². The summed E-state index contributed by atoms with van der Waals surface area (Å²) in [4.78, 5) is 37.4. The summed E-state index contributed by atoms with van der Waals surface area (Å²) in [5, 5.41) is 22.8. The van der Waals surface area contributed by atoms with E-state index in [1.165, 1.54) is 7.11 Å². The first-order valence-electron chi connectivity index (χ1n) is 16.2. The van der Waals surface area contributed by atoms with E-state index < -0.39 is 104 Å². The number of hydrogen-bond acceptors (Lipinski definition) is 16. The van der Waals surface area contributed by atoms with Gasteiger partial charge in [0.05, 0.1) is 32.0 Å². The largest absolute Gasteiger partial charge is 0.467 e. The molecule has 3 fully saturated rings. The lowest BCUT2D eigenvalue weighted by Gasteiger charge is -2.56. The SMILES string of the molecule is CCCCOCC1O[C@@H](OC)C2OCOC([C@]3(C(=O)OC)C[C@@H](O)[C@@H](N)C([C@H](O)[C@@H](COC(C)=O)OC(C)=O)O3)[C@H]2[C@H]1OCCCC. The lowest BCUT2D eigenvalue weighted by Crippen LogP contribution is -2.74. The van der Waals surface area contributed by atoms with E-state index in [1.54, 1.807) is 0 Å². The first-order chi connectivity index (χ1) is 22.4. The molecule has 3 aliphatic heterocycles. The van der Waals surface area contributed by atoms with Gasteiger partial charge in [0.1, 0.15) is 43.9 Å². The van der Waals surface area contributed by atoms with Gasteiger partial charge in [-0.05, 0) is 12.8 Å². The number of fused-ring (bicyclic) bond motifs is 1. The lowest BCUT2D eigenvalue weighted by molar-refractivity contribution is -0.373. The minimum Gasteiger partial charge on any atom is -0.467 e. The fraction of sp³-hybridized carbons (Fsp3) is 0.903. The molecule has 0 aromatic carbocycles. The van der Waals surface area contributed by atoms with E-state index >= 15 is 0 Å². The molecule has 4 N–H and O–H groups in total. The van der Waals surface area contributed by atoms with Crippen LogP contribution in [0.3, 0.4) is 0 Å². The summed E-state index contributed by atoms with van der Waals surface area (Å²) in [6, 6.07) is -1.27. The zero-order chi connectivity index (χ0) is 34.7. The van der Waals surface area contributed by atoms with Gasteiger partial charge < -0.3 is 63.3 Å². The molecule has 3 rings (SSSR count). The van der Waals surface area contributed by atoms with Crippen LogP contribution in [0.5, 0.6) is 0 Å². The quantitative estimate of drug-likeness (QED) is 0.105. The highest BCUT2D eigenvalue weighted by Crippen LogP contribution is 2.46. The summed E-state index contributed by atoms with van der Waals surface area (Å²) >= 11 is 0. The van der Waals surface area contributed by atoms with E-state index in [4.69, 9.17) is 53.1 Å². The van der Waals surface area contributed by atoms with Crippen LogP contribution in [0.25, 0.3) is 0 Å². The number of aliphatic hydroxyl groups excluding tert-OH is 2. The summed E-state index contributed by atoms with van der Waals surface area (Å²) in [6.07, 6.45) is -7.60. The molecule has 0 aromatic heterocycles. The molecule has 16 nitrogen and oxygen atoms in total.